The zero-order valence-corrected chi connectivity index (χ0v) is 11.3. The third-order valence-electron chi connectivity index (χ3n) is 3.93. The van der Waals surface area contributed by atoms with Gasteiger partial charge in [-0.2, -0.15) is 13.2 Å². The predicted octanol–water partition coefficient (Wildman–Crippen LogP) is 2.05. The van der Waals surface area contributed by atoms with Crippen molar-refractivity contribution in [2.45, 2.75) is 39.0 Å². The average molecular weight is 280 g/mol. The number of ether oxygens (including phenoxy) is 1. The molecule has 2 fully saturated rings. The highest BCUT2D eigenvalue weighted by Gasteiger charge is 2.81. The van der Waals surface area contributed by atoms with Crippen LogP contribution in [0.1, 0.15) is 27.2 Å². The number of rotatable bonds is 2. The van der Waals surface area contributed by atoms with Gasteiger partial charge in [-0.3, -0.25) is 0 Å². The number of hydrogen-bond donors (Lipinski definition) is 2. The Balaban J connectivity index is 1.93. The second-order valence-corrected chi connectivity index (χ2v) is 6.50. The predicted molar refractivity (Wildman–Crippen MR) is 62.6 cm³/mol. The number of fused-ring (bicyclic) bond motifs is 1. The van der Waals surface area contributed by atoms with Crippen molar-refractivity contribution in [1.29, 1.82) is 0 Å². The van der Waals surface area contributed by atoms with Crippen LogP contribution in [0.15, 0.2) is 0 Å². The number of alkyl carbamates (subject to hydrolysis) is 1. The van der Waals surface area contributed by atoms with Gasteiger partial charge in [0, 0.05) is 25.0 Å². The molecule has 0 radical (unpaired) electrons. The molecule has 1 aliphatic carbocycles. The minimum Gasteiger partial charge on any atom is -0.444 e. The van der Waals surface area contributed by atoms with E-state index in [-0.39, 0.29) is 26.1 Å². The number of amides is 1. The lowest BCUT2D eigenvalue weighted by atomic mass is 9.95. The van der Waals surface area contributed by atoms with Crippen LogP contribution < -0.4 is 10.6 Å². The second kappa shape index (κ2) is 4.01. The molecule has 1 amide bonds. The summed E-state index contributed by atoms with van der Waals surface area (Å²) < 4.78 is 44.2. The van der Waals surface area contributed by atoms with Gasteiger partial charge in [0.25, 0.3) is 0 Å². The van der Waals surface area contributed by atoms with E-state index in [0.717, 1.165) is 0 Å². The van der Waals surface area contributed by atoms with Crippen molar-refractivity contribution in [3.8, 4) is 0 Å². The van der Waals surface area contributed by atoms with Gasteiger partial charge in [0.1, 0.15) is 5.60 Å². The fourth-order valence-corrected chi connectivity index (χ4v) is 2.88. The molecule has 2 atom stereocenters. The van der Waals surface area contributed by atoms with E-state index in [1.54, 1.807) is 20.8 Å². The van der Waals surface area contributed by atoms with E-state index in [4.69, 9.17) is 4.74 Å². The molecule has 2 aliphatic rings. The van der Waals surface area contributed by atoms with Crippen LogP contribution >= 0.6 is 0 Å². The van der Waals surface area contributed by atoms with Gasteiger partial charge in [0.05, 0.1) is 5.41 Å². The lowest BCUT2D eigenvalue weighted by Gasteiger charge is -2.23. The molecule has 0 aromatic carbocycles. The van der Waals surface area contributed by atoms with Crippen molar-refractivity contribution < 1.29 is 22.7 Å². The van der Waals surface area contributed by atoms with Gasteiger partial charge < -0.3 is 15.4 Å². The molecule has 0 aromatic heterocycles. The lowest BCUT2D eigenvalue weighted by Crippen LogP contribution is -2.39. The number of alkyl halides is 3. The van der Waals surface area contributed by atoms with Crippen molar-refractivity contribution in [3.63, 3.8) is 0 Å². The van der Waals surface area contributed by atoms with Crippen LogP contribution in [-0.4, -0.2) is 37.5 Å². The number of nitrogens with one attached hydrogen (secondary N) is 2. The van der Waals surface area contributed by atoms with Crippen molar-refractivity contribution in [3.05, 3.63) is 0 Å². The first-order chi connectivity index (χ1) is 8.52. The molecule has 2 unspecified atom stereocenters. The molecule has 7 heteroatoms. The van der Waals surface area contributed by atoms with Crippen molar-refractivity contribution in [2.75, 3.05) is 19.6 Å². The third kappa shape index (κ3) is 2.40. The second-order valence-electron chi connectivity index (χ2n) is 6.50. The Kier molecular flexibility index (Phi) is 3.04. The summed E-state index contributed by atoms with van der Waals surface area (Å²) in [6, 6.07) is 0. The van der Waals surface area contributed by atoms with Crippen molar-refractivity contribution >= 4 is 6.09 Å². The lowest BCUT2D eigenvalue weighted by molar-refractivity contribution is -0.190. The van der Waals surface area contributed by atoms with Crippen molar-refractivity contribution in [2.24, 2.45) is 10.8 Å². The monoisotopic (exact) mass is 280 g/mol. The van der Waals surface area contributed by atoms with Gasteiger partial charge in [-0.15, -0.1) is 0 Å². The Morgan fingerprint density at radius 3 is 2.42 bits per heavy atom. The standard InChI is InChI=1S/C12H19F3N2O2/c1-9(2,3)19-8(18)17-6-10-4-11(10,7-16-5-10)12(13,14)15/h16H,4-7H2,1-3H3,(H,17,18). The van der Waals surface area contributed by atoms with Gasteiger partial charge in [-0.05, 0) is 27.2 Å². The normalized spacial score (nSPS) is 33.8. The molecule has 1 saturated carbocycles. The van der Waals surface area contributed by atoms with Crippen LogP contribution in [0.3, 0.4) is 0 Å². The molecular formula is C12H19F3N2O2. The van der Waals surface area contributed by atoms with E-state index in [9.17, 15) is 18.0 Å². The molecule has 1 saturated heterocycles. The summed E-state index contributed by atoms with van der Waals surface area (Å²) in [5.74, 6) is 0. The van der Waals surface area contributed by atoms with Gasteiger partial charge in [0.15, 0.2) is 0 Å². The third-order valence-corrected chi connectivity index (χ3v) is 3.93. The largest absolute Gasteiger partial charge is 0.444 e. The number of carbonyl (C=O) groups excluding carboxylic acids is 1. The molecule has 1 aliphatic heterocycles. The number of carbonyl (C=O) groups is 1. The molecule has 1 heterocycles. The zero-order chi connectivity index (χ0) is 14.5. The Labute approximate surface area is 110 Å². The van der Waals surface area contributed by atoms with Gasteiger partial charge >= 0.3 is 12.3 Å². The van der Waals surface area contributed by atoms with E-state index in [1.807, 2.05) is 0 Å². The maximum absolute atomic E-state index is 13.0. The minimum atomic E-state index is -4.23. The summed E-state index contributed by atoms with van der Waals surface area (Å²) in [7, 11) is 0. The first kappa shape index (κ1) is 14.4. The molecule has 2 N–H and O–H groups in total. The van der Waals surface area contributed by atoms with Crippen LogP contribution in [0.25, 0.3) is 0 Å². The Morgan fingerprint density at radius 2 is 1.95 bits per heavy atom. The smallest absolute Gasteiger partial charge is 0.407 e. The quantitative estimate of drug-likeness (QED) is 0.814. The Morgan fingerprint density at radius 1 is 1.32 bits per heavy atom. The molecular weight excluding hydrogens is 261 g/mol. The van der Waals surface area contributed by atoms with Gasteiger partial charge in [-0.25, -0.2) is 4.79 Å². The molecule has 110 valence electrons. The fourth-order valence-electron chi connectivity index (χ4n) is 2.88. The number of hydrogen-bond acceptors (Lipinski definition) is 3. The number of halogens is 3. The highest BCUT2D eigenvalue weighted by atomic mass is 19.4. The van der Waals surface area contributed by atoms with Crippen molar-refractivity contribution in [1.82, 2.24) is 10.6 Å². The summed E-state index contributed by atoms with van der Waals surface area (Å²) >= 11 is 0. The first-order valence-electron chi connectivity index (χ1n) is 6.26. The molecule has 2 rings (SSSR count). The SMILES string of the molecule is CC(C)(C)OC(=O)NCC12CNCC1(C(F)(F)F)C2. The van der Waals surface area contributed by atoms with E-state index in [2.05, 4.69) is 10.6 Å². The zero-order valence-electron chi connectivity index (χ0n) is 11.3. The molecule has 4 nitrogen and oxygen atoms in total. The topological polar surface area (TPSA) is 50.4 Å². The van der Waals surface area contributed by atoms with Crippen LogP contribution in [0.5, 0.6) is 0 Å². The maximum Gasteiger partial charge on any atom is 0.407 e. The summed E-state index contributed by atoms with van der Waals surface area (Å²) in [5, 5.41) is 5.23. The van der Waals surface area contributed by atoms with Crippen LogP contribution in [-0.2, 0) is 4.74 Å². The molecule has 19 heavy (non-hydrogen) atoms. The highest BCUT2D eigenvalue weighted by Crippen LogP contribution is 2.72. The number of piperidine rings is 1. The Bertz CT molecular complexity index is 391. The summed E-state index contributed by atoms with van der Waals surface area (Å²) in [6.45, 7) is 5.33. The van der Waals surface area contributed by atoms with Gasteiger partial charge in [0.2, 0.25) is 0 Å². The minimum absolute atomic E-state index is 0.00553. The maximum atomic E-state index is 13.0. The van der Waals surface area contributed by atoms with Gasteiger partial charge in [-0.1, -0.05) is 0 Å². The molecule has 0 bridgehead atoms. The summed E-state index contributed by atoms with van der Waals surface area (Å²) in [4.78, 5) is 11.5. The average Bonchev–Trinajstić information content (AvgIpc) is 2.72. The van der Waals surface area contributed by atoms with E-state index in [0.29, 0.717) is 0 Å². The van der Waals surface area contributed by atoms with Crippen LogP contribution in [0.2, 0.25) is 0 Å². The Hall–Kier alpha value is -0.980. The summed E-state index contributed by atoms with van der Waals surface area (Å²) in [5.41, 5.74) is -3.22. The van der Waals surface area contributed by atoms with Crippen LogP contribution in [0, 0.1) is 10.8 Å². The van der Waals surface area contributed by atoms with E-state index in [1.165, 1.54) is 0 Å². The summed E-state index contributed by atoms with van der Waals surface area (Å²) in [6.07, 6.45) is -4.82. The van der Waals surface area contributed by atoms with E-state index >= 15 is 0 Å². The molecule has 0 spiro atoms. The first-order valence-corrected chi connectivity index (χ1v) is 6.26. The van der Waals surface area contributed by atoms with Crippen LogP contribution in [0.4, 0.5) is 18.0 Å². The van der Waals surface area contributed by atoms with E-state index < -0.39 is 28.7 Å². The fraction of sp³-hybridized carbons (Fsp3) is 0.917. The molecule has 0 aromatic rings. The highest BCUT2D eigenvalue weighted by molar-refractivity contribution is 5.67.